The summed E-state index contributed by atoms with van der Waals surface area (Å²) in [5.41, 5.74) is 4.08. The molecule has 2 rings (SSSR count). The van der Waals surface area contributed by atoms with E-state index in [-0.39, 0.29) is 0 Å². The molecule has 2 heterocycles. The third-order valence-electron chi connectivity index (χ3n) is 1.80. The number of hydrogen-bond donors (Lipinski definition) is 1. The quantitative estimate of drug-likeness (QED) is 0.731. The molecule has 0 spiro atoms. The second kappa shape index (κ2) is 2.77. The van der Waals surface area contributed by atoms with Crippen LogP contribution in [0.1, 0.15) is 4.88 Å². The predicted molar refractivity (Wildman–Crippen MR) is 52.2 cm³/mol. The number of aliphatic imine (C=N–C) groups is 2. The van der Waals surface area contributed by atoms with Crippen molar-refractivity contribution in [2.45, 2.75) is 5.66 Å². The monoisotopic (exact) mass is 193 g/mol. The number of nitrogens with two attached hydrogens (primary N) is 1. The Bertz CT molecular complexity index is 368. The van der Waals surface area contributed by atoms with Gasteiger partial charge >= 0.3 is 0 Å². The first-order valence-corrected chi connectivity index (χ1v) is 4.56. The summed E-state index contributed by atoms with van der Waals surface area (Å²) >= 11 is 1.42. The maximum Gasteiger partial charge on any atom is 0.273 e. The van der Waals surface area contributed by atoms with Crippen LogP contribution in [0.15, 0.2) is 27.5 Å². The van der Waals surface area contributed by atoms with E-state index >= 15 is 0 Å². The number of carbonyl (C=O) groups is 1. The van der Waals surface area contributed by atoms with Crippen molar-refractivity contribution >= 4 is 29.7 Å². The van der Waals surface area contributed by atoms with Gasteiger partial charge in [0.1, 0.15) is 0 Å². The second-order valence-corrected chi connectivity index (χ2v) is 3.52. The van der Waals surface area contributed by atoms with Crippen molar-refractivity contribution in [2.75, 3.05) is 0 Å². The largest absolute Gasteiger partial charge is 0.365 e. The fourth-order valence-corrected chi connectivity index (χ4v) is 2.00. The maximum atomic E-state index is 11.2. The van der Waals surface area contributed by atoms with Gasteiger partial charge in [0, 0.05) is 12.4 Å². The minimum Gasteiger partial charge on any atom is -0.365 e. The van der Waals surface area contributed by atoms with E-state index in [2.05, 4.69) is 9.98 Å². The van der Waals surface area contributed by atoms with E-state index < -0.39 is 11.6 Å². The number of primary amides is 1. The minimum atomic E-state index is -1.19. The van der Waals surface area contributed by atoms with Gasteiger partial charge in [-0.15, -0.1) is 11.3 Å². The van der Waals surface area contributed by atoms with Gasteiger partial charge in [-0.1, -0.05) is 6.07 Å². The molecule has 0 atom stereocenters. The maximum absolute atomic E-state index is 11.2. The molecule has 1 amide bonds. The summed E-state index contributed by atoms with van der Waals surface area (Å²) in [7, 11) is 0. The summed E-state index contributed by atoms with van der Waals surface area (Å²) in [6, 6.07) is 3.64. The van der Waals surface area contributed by atoms with Gasteiger partial charge in [0.25, 0.3) is 11.6 Å². The number of carbonyl (C=O) groups excluding carboxylic acids is 1. The van der Waals surface area contributed by atoms with Gasteiger partial charge in [0.2, 0.25) is 0 Å². The number of nitrogens with zero attached hydrogens (tertiary/aromatic N) is 2. The van der Waals surface area contributed by atoms with Crippen LogP contribution in [0.4, 0.5) is 0 Å². The highest BCUT2D eigenvalue weighted by Gasteiger charge is 2.39. The van der Waals surface area contributed by atoms with Crippen molar-refractivity contribution in [2.24, 2.45) is 15.7 Å². The Morgan fingerprint density at radius 1 is 1.46 bits per heavy atom. The van der Waals surface area contributed by atoms with E-state index in [1.54, 1.807) is 6.07 Å². The topological polar surface area (TPSA) is 67.8 Å². The predicted octanol–water partition coefficient (Wildman–Crippen LogP) is 0.541. The zero-order valence-electron chi connectivity index (χ0n) is 6.68. The molecule has 0 bridgehead atoms. The lowest BCUT2D eigenvalue weighted by atomic mass is 10.1. The molecule has 5 heteroatoms. The molecule has 4 nitrogen and oxygen atoms in total. The molecule has 0 saturated carbocycles. The van der Waals surface area contributed by atoms with Crippen LogP contribution in [-0.2, 0) is 10.5 Å². The highest BCUT2D eigenvalue weighted by molar-refractivity contribution is 7.10. The Hall–Kier alpha value is -1.49. The summed E-state index contributed by atoms with van der Waals surface area (Å²) in [6.45, 7) is 0. The summed E-state index contributed by atoms with van der Waals surface area (Å²) in [5.74, 6) is -0.542. The zero-order valence-corrected chi connectivity index (χ0v) is 7.49. The molecule has 0 aliphatic carbocycles. The van der Waals surface area contributed by atoms with Crippen molar-refractivity contribution in [3.05, 3.63) is 22.4 Å². The fraction of sp³-hybridized carbons (Fsp3) is 0.125. The molecule has 1 aliphatic heterocycles. The standard InChI is InChI=1S/C8H7N3OS/c9-7(12)8(10-3-4-11-8)6-2-1-5-13-6/h1-5H,(H2,9,12). The van der Waals surface area contributed by atoms with Crippen LogP contribution in [0.25, 0.3) is 0 Å². The van der Waals surface area contributed by atoms with E-state index in [9.17, 15) is 4.79 Å². The fourth-order valence-electron chi connectivity index (χ4n) is 1.17. The lowest BCUT2D eigenvalue weighted by Crippen LogP contribution is -2.35. The molecule has 0 fully saturated rings. The van der Waals surface area contributed by atoms with Crippen molar-refractivity contribution in [1.29, 1.82) is 0 Å². The van der Waals surface area contributed by atoms with Gasteiger partial charge in [-0.3, -0.25) is 4.79 Å². The van der Waals surface area contributed by atoms with Gasteiger partial charge < -0.3 is 5.73 Å². The minimum absolute atomic E-state index is 0.542. The first-order chi connectivity index (χ1) is 6.26. The molecule has 0 radical (unpaired) electrons. The molecule has 1 aromatic rings. The molecule has 13 heavy (non-hydrogen) atoms. The third kappa shape index (κ3) is 1.08. The summed E-state index contributed by atoms with van der Waals surface area (Å²) < 4.78 is 0. The van der Waals surface area contributed by atoms with Crippen LogP contribution in [0.2, 0.25) is 0 Å². The Kier molecular flexibility index (Phi) is 1.73. The van der Waals surface area contributed by atoms with Crippen molar-refractivity contribution in [3.63, 3.8) is 0 Å². The smallest absolute Gasteiger partial charge is 0.273 e. The average Bonchev–Trinajstić information content (AvgIpc) is 2.75. The van der Waals surface area contributed by atoms with Crippen LogP contribution in [0.3, 0.4) is 0 Å². The Morgan fingerprint density at radius 2 is 2.15 bits per heavy atom. The van der Waals surface area contributed by atoms with E-state index in [1.807, 2.05) is 11.4 Å². The van der Waals surface area contributed by atoms with E-state index in [0.717, 1.165) is 4.88 Å². The van der Waals surface area contributed by atoms with Crippen LogP contribution in [0, 0.1) is 0 Å². The molecular weight excluding hydrogens is 186 g/mol. The van der Waals surface area contributed by atoms with Crippen LogP contribution in [0.5, 0.6) is 0 Å². The van der Waals surface area contributed by atoms with Gasteiger partial charge in [0.05, 0.1) is 4.88 Å². The molecule has 1 aromatic heterocycles. The highest BCUT2D eigenvalue weighted by atomic mass is 32.1. The van der Waals surface area contributed by atoms with Crippen LogP contribution < -0.4 is 5.73 Å². The highest BCUT2D eigenvalue weighted by Crippen LogP contribution is 2.32. The number of amides is 1. The first-order valence-electron chi connectivity index (χ1n) is 3.68. The number of rotatable bonds is 2. The van der Waals surface area contributed by atoms with Crippen molar-refractivity contribution in [1.82, 2.24) is 0 Å². The van der Waals surface area contributed by atoms with Crippen LogP contribution >= 0.6 is 11.3 Å². The molecule has 2 N–H and O–H groups in total. The van der Waals surface area contributed by atoms with E-state index in [1.165, 1.54) is 23.8 Å². The summed E-state index contributed by atoms with van der Waals surface area (Å²) in [6.07, 6.45) is 2.98. The third-order valence-corrected chi connectivity index (χ3v) is 2.77. The normalized spacial score (nSPS) is 17.8. The number of hydrogen-bond acceptors (Lipinski definition) is 4. The second-order valence-electron chi connectivity index (χ2n) is 2.57. The molecule has 0 unspecified atom stereocenters. The van der Waals surface area contributed by atoms with Crippen LogP contribution in [-0.4, -0.2) is 18.3 Å². The van der Waals surface area contributed by atoms with Gasteiger partial charge in [-0.2, -0.15) is 0 Å². The Morgan fingerprint density at radius 3 is 2.62 bits per heavy atom. The van der Waals surface area contributed by atoms with Gasteiger partial charge in [0.15, 0.2) is 0 Å². The lowest BCUT2D eigenvalue weighted by molar-refractivity contribution is -0.122. The van der Waals surface area contributed by atoms with Crippen molar-refractivity contribution < 1.29 is 4.79 Å². The van der Waals surface area contributed by atoms with Gasteiger partial charge in [-0.05, 0) is 11.4 Å². The SMILES string of the molecule is NC(=O)C1(c2cccs2)N=CC=N1. The molecule has 0 aromatic carbocycles. The first kappa shape index (κ1) is 8.12. The molecule has 0 saturated heterocycles. The number of thiophene rings is 1. The van der Waals surface area contributed by atoms with Crippen molar-refractivity contribution in [3.8, 4) is 0 Å². The Balaban J connectivity index is 2.53. The van der Waals surface area contributed by atoms with Gasteiger partial charge in [-0.25, -0.2) is 9.98 Å². The van der Waals surface area contributed by atoms with E-state index in [0.29, 0.717) is 0 Å². The molecule has 1 aliphatic rings. The zero-order chi connectivity index (χ0) is 9.31. The van der Waals surface area contributed by atoms with E-state index in [4.69, 9.17) is 5.73 Å². The summed E-state index contributed by atoms with van der Waals surface area (Å²) in [4.78, 5) is 20.0. The average molecular weight is 193 g/mol. The Labute approximate surface area is 78.8 Å². The molecular formula is C8H7N3OS. The lowest BCUT2D eigenvalue weighted by Gasteiger charge is -2.16. The molecule has 66 valence electrons. The summed E-state index contributed by atoms with van der Waals surface area (Å²) in [5, 5.41) is 1.86.